The van der Waals surface area contributed by atoms with Gasteiger partial charge in [0.15, 0.2) is 15.6 Å². The van der Waals surface area contributed by atoms with Crippen molar-refractivity contribution >= 4 is 32.9 Å². The summed E-state index contributed by atoms with van der Waals surface area (Å²) in [6.07, 6.45) is 0.719. The molecule has 7 heteroatoms. The molecule has 1 aliphatic rings. The number of hydrogen-bond acceptors (Lipinski definition) is 5. The van der Waals surface area contributed by atoms with Crippen LogP contribution < -0.4 is 5.32 Å². The van der Waals surface area contributed by atoms with E-state index in [1.807, 2.05) is 19.9 Å². The first-order valence-electron chi connectivity index (χ1n) is 6.87. The lowest BCUT2D eigenvalue weighted by atomic mass is 10.1. The molecule has 0 bridgehead atoms. The Morgan fingerprint density at radius 2 is 2.05 bits per heavy atom. The number of carbonyl (C=O) groups excluding carboxylic acids is 2. The van der Waals surface area contributed by atoms with E-state index < -0.39 is 9.84 Å². The van der Waals surface area contributed by atoms with Crippen LogP contribution in [0.4, 0.5) is 0 Å². The summed E-state index contributed by atoms with van der Waals surface area (Å²) < 4.78 is 22.6. The second kappa shape index (κ2) is 6.27. The van der Waals surface area contributed by atoms with Gasteiger partial charge in [0.2, 0.25) is 5.91 Å². The average Bonchev–Trinajstić information content (AvgIpc) is 2.88. The van der Waals surface area contributed by atoms with Gasteiger partial charge in [-0.25, -0.2) is 8.42 Å². The van der Waals surface area contributed by atoms with Crippen LogP contribution in [-0.4, -0.2) is 37.7 Å². The highest BCUT2D eigenvalue weighted by Crippen LogP contribution is 2.22. The molecule has 1 saturated heterocycles. The van der Waals surface area contributed by atoms with Gasteiger partial charge in [0.25, 0.3) is 0 Å². The van der Waals surface area contributed by atoms with Gasteiger partial charge in [-0.15, -0.1) is 11.3 Å². The topological polar surface area (TPSA) is 80.3 Å². The molecule has 0 spiro atoms. The summed E-state index contributed by atoms with van der Waals surface area (Å²) in [5.41, 5.74) is 0.689. The summed E-state index contributed by atoms with van der Waals surface area (Å²) in [7, 11) is -3.00. The molecule has 1 N–H and O–H groups in total. The van der Waals surface area contributed by atoms with Gasteiger partial charge in [0, 0.05) is 34.2 Å². The SMILES string of the molecule is Cc1cc(C(=O)CCC(=O)NC2CCS(=O)(=O)C2)c(C)s1. The molecule has 2 heterocycles. The van der Waals surface area contributed by atoms with Crippen LogP contribution in [-0.2, 0) is 14.6 Å². The lowest BCUT2D eigenvalue weighted by molar-refractivity contribution is -0.121. The summed E-state index contributed by atoms with van der Waals surface area (Å²) in [6.45, 7) is 3.84. The first-order chi connectivity index (χ1) is 9.77. The first-order valence-corrected chi connectivity index (χ1v) is 9.50. The van der Waals surface area contributed by atoms with Crippen molar-refractivity contribution in [2.24, 2.45) is 0 Å². The third-order valence-electron chi connectivity index (χ3n) is 3.52. The largest absolute Gasteiger partial charge is 0.352 e. The molecule has 0 saturated carbocycles. The normalized spacial score (nSPS) is 20.4. The first kappa shape index (κ1) is 16.2. The minimum Gasteiger partial charge on any atom is -0.352 e. The summed E-state index contributed by atoms with van der Waals surface area (Å²) in [4.78, 5) is 25.9. The van der Waals surface area contributed by atoms with Crippen molar-refractivity contribution in [3.8, 4) is 0 Å². The number of Topliss-reactive ketones (excluding diaryl/α,β-unsaturated/α-hetero) is 1. The molecule has 1 amide bonds. The molecular formula is C14H19NO4S2. The highest BCUT2D eigenvalue weighted by Gasteiger charge is 2.28. The van der Waals surface area contributed by atoms with E-state index >= 15 is 0 Å². The predicted octanol–water partition coefficient (Wildman–Crippen LogP) is 1.63. The van der Waals surface area contributed by atoms with E-state index in [0.29, 0.717) is 12.0 Å². The van der Waals surface area contributed by atoms with Crippen LogP contribution in [0.5, 0.6) is 0 Å². The van der Waals surface area contributed by atoms with Gasteiger partial charge in [-0.1, -0.05) is 0 Å². The Labute approximate surface area is 128 Å². The highest BCUT2D eigenvalue weighted by molar-refractivity contribution is 7.91. The Balaban J connectivity index is 1.82. The Morgan fingerprint density at radius 3 is 2.57 bits per heavy atom. The van der Waals surface area contributed by atoms with Gasteiger partial charge in [-0.3, -0.25) is 9.59 Å². The zero-order valence-electron chi connectivity index (χ0n) is 12.1. The van der Waals surface area contributed by atoms with Crippen molar-refractivity contribution in [3.05, 3.63) is 21.4 Å². The minimum absolute atomic E-state index is 0.00944. The van der Waals surface area contributed by atoms with E-state index in [0.717, 1.165) is 9.75 Å². The number of aryl methyl sites for hydroxylation is 2. The fourth-order valence-electron chi connectivity index (χ4n) is 2.48. The van der Waals surface area contributed by atoms with Crippen molar-refractivity contribution in [3.63, 3.8) is 0 Å². The van der Waals surface area contributed by atoms with Crippen LogP contribution in [0.2, 0.25) is 0 Å². The molecule has 0 aliphatic carbocycles. The third kappa shape index (κ3) is 4.38. The molecule has 2 rings (SSSR count). The summed E-state index contributed by atoms with van der Waals surface area (Å²) >= 11 is 1.57. The summed E-state index contributed by atoms with van der Waals surface area (Å²) in [5, 5.41) is 2.69. The van der Waals surface area contributed by atoms with E-state index in [4.69, 9.17) is 0 Å². The Kier molecular flexibility index (Phi) is 4.83. The summed E-state index contributed by atoms with van der Waals surface area (Å²) in [5.74, 6) is -0.152. The third-order valence-corrected chi connectivity index (χ3v) is 6.25. The fraction of sp³-hybridized carbons (Fsp3) is 0.571. The Bertz CT molecular complexity index is 661. The van der Waals surface area contributed by atoms with Crippen LogP contribution in [0.3, 0.4) is 0 Å². The van der Waals surface area contributed by atoms with E-state index in [9.17, 15) is 18.0 Å². The summed E-state index contributed by atoms with van der Waals surface area (Å²) in [6, 6.07) is 1.55. The van der Waals surface area contributed by atoms with E-state index in [-0.39, 0.29) is 42.1 Å². The molecule has 116 valence electrons. The van der Waals surface area contributed by atoms with Crippen LogP contribution >= 0.6 is 11.3 Å². The van der Waals surface area contributed by atoms with Gasteiger partial charge in [-0.05, 0) is 26.3 Å². The predicted molar refractivity (Wildman–Crippen MR) is 82.6 cm³/mol. The van der Waals surface area contributed by atoms with E-state index in [1.54, 1.807) is 11.3 Å². The molecule has 21 heavy (non-hydrogen) atoms. The second-order valence-electron chi connectivity index (χ2n) is 5.42. The standard InChI is InChI=1S/C14H19NO4S2/c1-9-7-12(10(2)20-9)13(16)3-4-14(17)15-11-5-6-21(18,19)8-11/h7,11H,3-6,8H2,1-2H3,(H,15,17). The lowest BCUT2D eigenvalue weighted by Crippen LogP contribution is -2.35. The number of hydrogen-bond donors (Lipinski definition) is 1. The van der Waals surface area contributed by atoms with Crippen molar-refractivity contribution in [1.82, 2.24) is 5.32 Å². The number of nitrogens with one attached hydrogen (secondary N) is 1. The molecule has 1 fully saturated rings. The van der Waals surface area contributed by atoms with Gasteiger partial charge < -0.3 is 5.32 Å². The maximum atomic E-state index is 12.1. The second-order valence-corrected chi connectivity index (χ2v) is 9.11. The molecular weight excluding hydrogens is 310 g/mol. The van der Waals surface area contributed by atoms with Gasteiger partial charge >= 0.3 is 0 Å². The molecule has 1 unspecified atom stereocenters. The number of rotatable bonds is 5. The van der Waals surface area contributed by atoms with Gasteiger partial charge in [0.1, 0.15) is 0 Å². The van der Waals surface area contributed by atoms with Crippen molar-refractivity contribution in [2.75, 3.05) is 11.5 Å². The number of ketones is 1. The quantitative estimate of drug-likeness (QED) is 0.833. The Morgan fingerprint density at radius 1 is 1.33 bits per heavy atom. The monoisotopic (exact) mass is 329 g/mol. The van der Waals surface area contributed by atoms with Crippen molar-refractivity contribution in [2.45, 2.75) is 39.2 Å². The van der Waals surface area contributed by atoms with Crippen LogP contribution in [0.15, 0.2) is 6.07 Å². The van der Waals surface area contributed by atoms with E-state index in [1.165, 1.54) is 0 Å². The number of thiophene rings is 1. The van der Waals surface area contributed by atoms with Crippen molar-refractivity contribution < 1.29 is 18.0 Å². The number of sulfone groups is 1. The molecule has 1 aliphatic heterocycles. The highest BCUT2D eigenvalue weighted by atomic mass is 32.2. The van der Waals surface area contributed by atoms with Crippen LogP contribution in [0.1, 0.15) is 39.4 Å². The van der Waals surface area contributed by atoms with Gasteiger partial charge in [0.05, 0.1) is 11.5 Å². The maximum Gasteiger partial charge on any atom is 0.220 e. The van der Waals surface area contributed by atoms with Crippen LogP contribution in [0.25, 0.3) is 0 Å². The minimum atomic E-state index is -3.00. The fourth-order valence-corrected chi connectivity index (χ4v) is 5.09. The molecule has 1 aromatic heterocycles. The molecule has 0 radical (unpaired) electrons. The smallest absolute Gasteiger partial charge is 0.220 e. The lowest BCUT2D eigenvalue weighted by Gasteiger charge is -2.10. The zero-order chi connectivity index (χ0) is 15.6. The average molecular weight is 329 g/mol. The molecule has 1 aromatic rings. The van der Waals surface area contributed by atoms with Gasteiger partial charge in [-0.2, -0.15) is 0 Å². The van der Waals surface area contributed by atoms with E-state index in [2.05, 4.69) is 5.32 Å². The van der Waals surface area contributed by atoms with Crippen molar-refractivity contribution in [1.29, 1.82) is 0 Å². The Hall–Kier alpha value is -1.21. The maximum absolute atomic E-state index is 12.1. The van der Waals surface area contributed by atoms with Crippen LogP contribution in [0, 0.1) is 13.8 Å². The molecule has 5 nitrogen and oxygen atoms in total. The number of carbonyl (C=O) groups is 2. The number of amides is 1. The molecule has 1 atom stereocenters. The molecule has 0 aromatic carbocycles. The zero-order valence-corrected chi connectivity index (χ0v) is 13.8.